The monoisotopic (exact) mass is 237 g/mol. The molecular formula is C15H15N3. The van der Waals surface area contributed by atoms with Crippen LogP contribution in [0, 0.1) is 13.8 Å². The lowest BCUT2D eigenvalue weighted by Gasteiger charge is -2.02. The van der Waals surface area contributed by atoms with Crippen LogP contribution in [0.3, 0.4) is 0 Å². The molecule has 0 aliphatic rings. The van der Waals surface area contributed by atoms with Gasteiger partial charge in [-0.3, -0.25) is 0 Å². The molecule has 0 fully saturated rings. The summed E-state index contributed by atoms with van der Waals surface area (Å²) < 4.78 is 0. The predicted molar refractivity (Wildman–Crippen MR) is 75.3 cm³/mol. The molecule has 1 heterocycles. The van der Waals surface area contributed by atoms with Crippen LogP contribution in [-0.4, -0.2) is 9.97 Å². The van der Waals surface area contributed by atoms with Gasteiger partial charge in [-0.15, -0.1) is 0 Å². The Morgan fingerprint density at radius 2 is 1.83 bits per heavy atom. The first-order valence-electron chi connectivity index (χ1n) is 6.01. The van der Waals surface area contributed by atoms with Crippen molar-refractivity contribution < 1.29 is 0 Å². The first-order valence-corrected chi connectivity index (χ1v) is 6.01. The number of rotatable bonds is 2. The molecule has 0 atom stereocenters. The van der Waals surface area contributed by atoms with E-state index in [9.17, 15) is 0 Å². The number of aryl methyl sites for hydroxylation is 2. The zero-order valence-electron chi connectivity index (χ0n) is 10.5. The maximum atomic E-state index is 4.51. The summed E-state index contributed by atoms with van der Waals surface area (Å²) in [6.45, 7) is 4.15. The highest BCUT2D eigenvalue weighted by atomic mass is 15.1. The number of imidazole rings is 1. The summed E-state index contributed by atoms with van der Waals surface area (Å²) in [7, 11) is 0. The number of nitrogens with zero attached hydrogens (tertiary/aromatic N) is 1. The lowest BCUT2D eigenvalue weighted by Crippen LogP contribution is -1.92. The zero-order chi connectivity index (χ0) is 12.5. The minimum atomic E-state index is 0.779. The Hall–Kier alpha value is -2.29. The second-order valence-electron chi connectivity index (χ2n) is 4.60. The van der Waals surface area contributed by atoms with Crippen LogP contribution < -0.4 is 5.32 Å². The molecule has 3 heteroatoms. The summed E-state index contributed by atoms with van der Waals surface area (Å²) in [4.78, 5) is 7.79. The topological polar surface area (TPSA) is 40.7 Å². The van der Waals surface area contributed by atoms with Crippen LogP contribution in [0.25, 0.3) is 11.0 Å². The van der Waals surface area contributed by atoms with Gasteiger partial charge in [0.05, 0.1) is 11.0 Å². The normalized spacial score (nSPS) is 10.8. The molecule has 90 valence electrons. The number of benzene rings is 2. The van der Waals surface area contributed by atoms with Gasteiger partial charge in [0.2, 0.25) is 5.95 Å². The summed E-state index contributed by atoms with van der Waals surface area (Å²) in [5, 5.41) is 3.29. The van der Waals surface area contributed by atoms with Gasteiger partial charge in [-0.1, -0.05) is 18.2 Å². The van der Waals surface area contributed by atoms with E-state index in [2.05, 4.69) is 53.4 Å². The largest absolute Gasteiger partial charge is 0.326 e. The Morgan fingerprint density at radius 1 is 1.00 bits per heavy atom. The highest BCUT2D eigenvalue weighted by molar-refractivity contribution is 5.79. The molecular weight excluding hydrogens is 222 g/mol. The van der Waals surface area contributed by atoms with Gasteiger partial charge in [-0.2, -0.15) is 0 Å². The fourth-order valence-electron chi connectivity index (χ4n) is 2.04. The molecule has 0 spiro atoms. The van der Waals surface area contributed by atoms with Crippen molar-refractivity contribution in [2.24, 2.45) is 0 Å². The number of hydrogen-bond donors (Lipinski definition) is 2. The Bertz CT molecular complexity index is 698. The lowest BCUT2D eigenvalue weighted by molar-refractivity contribution is 1.30. The van der Waals surface area contributed by atoms with Gasteiger partial charge in [0.15, 0.2) is 0 Å². The maximum Gasteiger partial charge on any atom is 0.205 e. The molecule has 3 nitrogen and oxygen atoms in total. The second-order valence-corrected chi connectivity index (χ2v) is 4.60. The van der Waals surface area contributed by atoms with Gasteiger partial charge < -0.3 is 10.3 Å². The molecule has 0 bridgehead atoms. The molecule has 2 N–H and O–H groups in total. The summed E-state index contributed by atoms with van der Waals surface area (Å²) in [5.41, 5.74) is 5.55. The van der Waals surface area contributed by atoms with Crippen LogP contribution in [0.15, 0.2) is 42.5 Å². The number of nitrogens with one attached hydrogen (secondary N) is 2. The molecule has 0 unspecified atom stereocenters. The van der Waals surface area contributed by atoms with Crippen molar-refractivity contribution in [1.29, 1.82) is 0 Å². The Labute approximate surface area is 106 Å². The van der Waals surface area contributed by atoms with Crippen LogP contribution in [0.1, 0.15) is 11.1 Å². The molecule has 18 heavy (non-hydrogen) atoms. The van der Waals surface area contributed by atoms with Crippen molar-refractivity contribution in [2.75, 3.05) is 5.32 Å². The van der Waals surface area contributed by atoms with Gasteiger partial charge >= 0.3 is 0 Å². The summed E-state index contributed by atoms with van der Waals surface area (Å²) in [5.74, 6) is 0.779. The van der Waals surface area contributed by atoms with Crippen molar-refractivity contribution in [1.82, 2.24) is 9.97 Å². The molecule has 0 amide bonds. The van der Waals surface area contributed by atoms with Gasteiger partial charge in [0.1, 0.15) is 0 Å². The highest BCUT2D eigenvalue weighted by Crippen LogP contribution is 2.19. The van der Waals surface area contributed by atoms with Crippen molar-refractivity contribution in [3.05, 3.63) is 53.6 Å². The van der Waals surface area contributed by atoms with Crippen molar-refractivity contribution in [2.45, 2.75) is 13.8 Å². The standard InChI is InChI=1S/C15H15N3/c1-10-4-3-5-12(8-10)16-15-17-13-7-6-11(2)9-14(13)18-15/h3-9H,1-2H3,(H2,16,17,18). The number of anilines is 2. The molecule has 3 aromatic rings. The molecule has 2 aromatic carbocycles. The lowest BCUT2D eigenvalue weighted by atomic mass is 10.2. The fourth-order valence-corrected chi connectivity index (χ4v) is 2.04. The van der Waals surface area contributed by atoms with Crippen molar-refractivity contribution >= 4 is 22.7 Å². The van der Waals surface area contributed by atoms with E-state index < -0.39 is 0 Å². The molecule has 1 aromatic heterocycles. The van der Waals surface area contributed by atoms with Crippen LogP contribution in [0.2, 0.25) is 0 Å². The molecule has 0 radical (unpaired) electrons. The van der Waals surface area contributed by atoms with Gasteiger partial charge in [-0.05, 0) is 49.2 Å². The van der Waals surface area contributed by atoms with Gasteiger partial charge in [0, 0.05) is 5.69 Å². The Morgan fingerprint density at radius 3 is 2.67 bits per heavy atom. The number of hydrogen-bond acceptors (Lipinski definition) is 2. The molecule has 0 aliphatic heterocycles. The quantitative estimate of drug-likeness (QED) is 0.709. The predicted octanol–water partition coefficient (Wildman–Crippen LogP) is 3.92. The average molecular weight is 237 g/mol. The third kappa shape index (κ3) is 2.07. The zero-order valence-corrected chi connectivity index (χ0v) is 10.5. The van der Waals surface area contributed by atoms with E-state index in [1.54, 1.807) is 0 Å². The fraction of sp³-hybridized carbons (Fsp3) is 0.133. The van der Waals surface area contributed by atoms with Gasteiger partial charge in [0.25, 0.3) is 0 Å². The third-order valence-electron chi connectivity index (χ3n) is 2.92. The maximum absolute atomic E-state index is 4.51. The van der Waals surface area contributed by atoms with Crippen LogP contribution in [0.4, 0.5) is 11.6 Å². The smallest absolute Gasteiger partial charge is 0.205 e. The number of aromatic amines is 1. The first kappa shape index (κ1) is 10.8. The third-order valence-corrected chi connectivity index (χ3v) is 2.92. The number of H-pyrrole nitrogens is 1. The first-order chi connectivity index (χ1) is 8.70. The minimum Gasteiger partial charge on any atom is -0.326 e. The molecule has 3 rings (SSSR count). The molecule has 0 saturated heterocycles. The summed E-state index contributed by atoms with van der Waals surface area (Å²) in [6, 6.07) is 14.4. The van der Waals surface area contributed by atoms with E-state index >= 15 is 0 Å². The van der Waals surface area contributed by atoms with Crippen molar-refractivity contribution in [3.8, 4) is 0 Å². The average Bonchev–Trinajstić information content (AvgIpc) is 2.70. The van der Waals surface area contributed by atoms with Crippen molar-refractivity contribution in [3.63, 3.8) is 0 Å². The minimum absolute atomic E-state index is 0.779. The Balaban J connectivity index is 1.95. The SMILES string of the molecule is Cc1cccc(Nc2nc3ccc(C)cc3[nH]2)c1. The van der Waals surface area contributed by atoms with E-state index in [0.717, 1.165) is 22.7 Å². The molecule has 0 aliphatic carbocycles. The second kappa shape index (κ2) is 4.18. The van der Waals surface area contributed by atoms with Gasteiger partial charge in [-0.25, -0.2) is 4.98 Å². The van der Waals surface area contributed by atoms with E-state index in [1.807, 2.05) is 18.2 Å². The van der Waals surface area contributed by atoms with E-state index in [0.29, 0.717) is 0 Å². The summed E-state index contributed by atoms with van der Waals surface area (Å²) >= 11 is 0. The summed E-state index contributed by atoms with van der Waals surface area (Å²) in [6.07, 6.45) is 0. The van der Waals surface area contributed by atoms with Crippen LogP contribution >= 0.6 is 0 Å². The van der Waals surface area contributed by atoms with Crippen LogP contribution in [-0.2, 0) is 0 Å². The van der Waals surface area contributed by atoms with E-state index in [4.69, 9.17) is 0 Å². The number of aromatic nitrogens is 2. The van der Waals surface area contributed by atoms with E-state index in [1.165, 1.54) is 11.1 Å². The van der Waals surface area contributed by atoms with E-state index in [-0.39, 0.29) is 0 Å². The Kier molecular flexibility index (Phi) is 2.52. The highest BCUT2D eigenvalue weighted by Gasteiger charge is 2.02. The van der Waals surface area contributed by atoms with Crippen LogP contribution in [0.5, 0.6) is 0 Å². The number of fused-ring (bicyclic) bond motifs is 1. The molecule has 0 saturated carbocycles.